The predicted octanol–water partition coefficient (Wildman–Crippen LogP) is 4.89. The largest absolute Gasteiger partial charge is 0.496 e. The number of rotatable bonds is 11. The third-order valence-corrected chi connectivity index (χ3v) is 7.43. The number of ether oxygens (including phenoxy) is 2. The van der Waals surface area contributed by atoms with Crippen LogP contribution in [0.5, 0.6) is 5.75 Å². The lowest BCUT2D eigenvalue weighted by molar-refractivity contribution is -0.143. The molecule has 1 amide bonds. The lowest BCUT2D eigenvalue weighted by atomic mass is 9.96. The molecule has 0 aliphatic carbocycles. The molecular weight excluding hydrogens is 562 g/mol. The normalized spacial score (nSPS) is 14.1. The van der Waals surface area contributed by atoms with Gasteiger partial charge in [0.2, 0.25) is 5.95 Å². The lowest BCUT2D eigenvalue weighted by Gasteiger charge is -2.30. The molecule has 1 fully saturated rings. The number of aliphatic carboxylic acids is 1. The topological polar surface area (TPSA) is 133 Å². The minimum atomic E-state index is -0.713. The second-order valence-corrected chi connectivity index (χ2v) is 12.0. The van der Waals surface area contributed by atoms with E-state index >= 15 is 0 Å². The number of piperidine rings is 1. The minimum Gasteiger partial charge on any atom is -0.496 e. The van der Waals surface area contributed by atoms with Crippen LogP contribution in [-0.4, -0.2) is 94.9 Å². The van der Waals surface area contributed by atoms with Crippen molar-refractivity contribution in [2.45, 2.75) is 45.8 Å². The molecule has 12 heteroatoms. The number of nitrogens with one attached hydrogen (secondary N) is 1. The van der Waals surface area contributed by atoms with Gasteiger partial charge in [-0.25, -0.2) is 19.7 Å². The Balaban J connectivity index is 1.37. The summed E-state index contributed by atoms with van der Waals surface area (Å²) in [6, 6.07) is 11.6. The molecule has 0 saturated carbocycles. The molecule has 12 nitrogen and oxygen atoms in total. The number of likely N-dealkylation sites (N-methyl/N-ethyl adjacent to an activating group) is 2. The van der Waals surface area contributed by atoms with E-state index in [1.165, 1.54) is 0 Å². The van der Waals surface area contributed by atoms with Gasteiger partial charge in [0.1, 0.15) is 17.2 Å². The van der Waals surface area contributed by atoms with E-state index in [2.05, 4.69) is 20.2 Å². The number of carbonyl (C=O) groups is 2. The number of nitrogens with zero attached hydrogens (tertiary/aromatic N) is 6. The number of pyridine rings is 1. The number of aromatic nitrogens is 3. The number of likely N-dealkylation sites (tertiary alicyclic amines) is 1. The number of carbonyl (C=O) groups excluding carboxylic acids is 1. The number of amides is 1. The molecular formula is C32H43N7O5. The molecule has 1 aliphatic heterocycles. The second kappa shape index (κ2) is 14.3. The van der Waals surface area contributed by atoms with Crippen LogP contribution < -0.4 is 15.0 Å². The Bertz CT molecular complexity index is 1420. The molecule has 236 valence electrons. The summed E-state index contributed by atoms with van der Waals surface area (Å²) in [5.74, 6) is 1.02. The molecule has 3 aromatic rings. The van der Waals surface area contributed by atoms with Crippen molar-refractivity contribution in [3.63, 3.8) is 0 Å². The van der Waals surface area contributed by atoms with Gasteiger partial charge < -0.3 is 29.7 Å². The van der Waals surface area contributed by atoms with Crippen LogP contribution in [-0.2, 0) is 16.1 Å². The maximum Gasteiger partial charge on any atom is 0.410 e. The fourth-order valence-corrected chi connectivity index (χ4v) is 4.88. The summed E-state index contributed by atoms with van der Waals surface area (Å²) >= 11 is 0. The highest BCUT2D eigenvalue weighted by atomic mass is 16.6. The van der Waals surface area contributed by atoms with Crippen LogP contribution in [0.1, 0.15) is 39.2 Å². The van der Waals surface area contributed by atoms with Crippen LogP contribution in [0.15, 0.2) is 48.8 Å². The molecule has 1 aromatic carbocycles. The van der Waals surface area contributed by atoms with Gasteiger partial charge in [0.15, 0.2) is 0 Å². The molecule has 4 rings (SSSR count). The van der Waals surface area contributed by atoms with Crippen molar-refractivity contribution >= 4 is 29.5 Å². The summed E-state index contributed by atoms with van der Waals surface area (Å²) in [7, 11) is 5.30. The zero-order valence-electron chi connectivity index (χ0n) is 26.4. The SMILES string of the molecule is COc1ccc(Nc2nccc(-c3ccc(N(C)CCN(C)C(=O)OC(C)(C)C)nc3)n2)cc1CN1CCC(C(=O)O)CC1. The molecule has 3 heterocycles. The third-order valence-electron chi connectivity index (χ3n) is 7.43. The standard InChI is InChI=1S/C32H43N7O5/c1-32(2,3)44-31(42)38(5)18-17-37(4)28-10-7-23(20-34-28)26-11-14-33-30(36-26)35-25-8-9-27(43-6)24(19-25)21-39-15-12-22(13-16-39)29(40)41/h7-11,14,19-20,22H,12-13,15-18,21H2,1-6H3,(H,40,41)(H,33,35,36). The second-order valence-electron chi connectivity index (χ2n) is 12.0. The van der Waals surface area contributed by atoms with Crippen molar-refractivity contribution in [3.05, 3.63) is 54.4 Å². The van der Waals surface area contributed by atoms with Crippen molar-refractivity contribution in [2.75, 3.05) is 57.6 Å². The van der Waals surface area contributed by atoms with Crippen molar-refractivity contribution in [2.24, 2.45) is 5.92 Å². The molecule has 2 aromatic heterocycles. The summed E-state index contributed by atoms with van der Waals surface area (Å²) in [5, 5.41) is 12.6. The third kappa shape index (κ3) is 9.03. The van der Waals surface area contributed by atoms with Crippen LogP contribution >= 0.6 is 0 Å². The average molecular weight is 606 g/mol. The Labute approximate surface area is 259 Å². The van der Waals surface area contributed by atoms with E-state index in [4.69, 9.17) is 14.5 Å². The zero-order chi connectivity index (χ0) is 31.9. The van der Waals surface area contributed by atoms with Crippen molar-refractivity contribution < 1.29 is 24.2 Å². The Kier molecular flexibility index (Phi) is 10.6. The van der Waals surface area contributed by atoms with Crippen LogP contribution in [0.4, 0.5) is 22.2 Å². The van der Waals surface area contributed by atoms with E-state index in [0.29, 0.717) is 38.4 Å². The van der Waals surface area contributed by atoms with Gasteiger partial charge >= 0.3 is 12.1 Å². The van der Waals surface area contributed by atoms with Crippen LogP contribution in [0, 0.1) is 5.92 Å². The number of methoxy groups -OCH3 is 1. The summed E-state index contributed by atoms with van der Waals surface area (Å²) < 4.78 is 11.0. The molecule has 1 aliphatic rings. The maximum atomic E-state index is 12.2. The number of hydrogen-bond donors (Lipinski definition) is 2. The van der Waals surface area contributed by atoms with E-state index in [-0.39, 0.29) is 12.0 Å². The van der Waals surface area contributed by atoms with Gasteiger partial charge in [0.25, 0.3) is 0 Å². The summed E-state index contributed by atoms with van der Waals surface area (Å²) in [6.45, 7) is 8.75. The molecule has 0 atom stereocenters. The number of benzene rings is 1. The Morgan fingerprint density at radius 1 is 1.07 bits per heavy atom. The molecule has 0 spiro atoms. The maximum absolute atomic E-state index is 12.2. The van der Waals surface area contributed by atoms with E-state index < -0.39 is 11.6 Å². The van der Waals surface area contributed by atoms with Crippen molar-refractivity contribution in [1.29, 1.82) is 0 Å². The molecule has 0 radical (unpaired) electrons. The fourth-order valence-electron chi connectivity index (χ4n) is 4.88. The lowest BCUT2D eigenvalue weighted by Crippen LogP contribution is -2.38. The summed E-state index contributed by atoms with van der Waals surface area (Å²) in [4.78, 5) is 43.1. The average Bonchev–Trinajstić information content (AvgIpc) is 2.99. The predicted molar refractivity (Wildman–Crippen MR) is 169 cm³/mol. The van der Waals surface area contributed by atoms with Gasteiger partial charge in [-0.2, -0.15) is 0 Å². The molecule has 0 bridgehead atoms. The first-order chi connectivity index (χ1) is 20.9. The Morgan fingerprint density at radius 3 is 2.45 bits per heavy atom. The van der Waals surface area contributed by atoms with Gasteiger partial charge in [-0.3, -0.25) is 9.69 Å². The van der Waals surface area contributed by atoms with Crippen LogP contribution in [0.2, 0.25) is 0 Å². The number of carboxylic acids is 1. The van der Waals surface area contributed by atoms with Crippen molar-refractivity contribution in [1.82, 2.24) is 24.8 Å². The highest BCUT2D eigenvalue weighted by molar-refractivity contribution is 5.70. The van der Waals surface area contributed by atoms with E-state index in [1.807, 2.05) is 69.1 Å². The molecule has 0 unspecified atom stereocenters. The smallest absolute Gasteiger partial charge is 0.410 e. The molecule has 2 N–H and O–H groups in total. The van der Waals surface area contributed by atoms with Gasteiger partial charge in [0, 0.05) is 62.9 Å². The number of hydrogen-bond acceptors (Lipinski definition) is 10. The van der Waals surface area contributed by atoms with Crippen LogP contribution in [0.25, 0.3) is 11.3 Å². The first kappa shape index (κ1) is 32.5. The Hall–Kier alpha value is -4.45. The first-order valence-electron chi connectivity index (χ1n) is 14.8. The summed E-state index contributed by atoms with van der Waals surface area (Å²) in [5.41, 5.74) is 2.86. The highest BCUT2D eigenvalue weighted by Crippen LogP contribution is 2.28. The van der Waals surface area contributed by atoms with E-state index in [9.17, 15) is 14.7 Å². The first-order valence-corrected chi connectivity index (χ1v) is 14.8. The van der Waals surface area contributed by atoms with Crippen molar-refractivity contribution in [3.8, 4) is 17.0 Å². The quantitative estimate of drug-likeness (QED) is 0.309. The summed E-state index contributed by atoms with van der Waals surface area (Å²) in [6.07, 6.45) is 4.41. The highest BCUT2D eigenvalue weighted by Gasteiger charge is 2.25. The monoisotopic (exact) mass is 605 g/mol. The van der Waals surface area contributed by atoms with Crippen LogP contribution in [0.3, 0.4) is 0 Å². The zero-order valence-corrected chi connectivity index (χ0v) is 26.4. The van der Waals surface area contributed by atoms with Gasteiger partial charge in [-0.1, -0.05) is 0 Å². The van der Waals surface area contributed by atoms with Gasteiger partial charge in [-0.05, 0) is 83.1 Å². The molecule has 1 saturated heterocycles. The van der Waals surface area contributed by atoms with E-state index in [1.54, 1.807) is 31.5 Å². The minimum absolute atomic E-state index is 0.268. The van der Waals surface area contributed by atoms with E-state index in [0.717, 1.165) is 47.2 Å². The van der Waals surface area contributed by atoms with Gasteiger partial charge in [0.05, 0.1) is 18.7 Å². The number of carboxylic acid groups (broad SMARTS) is 1. The Morgan fingerprint density at radius 2 is 1.82 bits per heavy atom. The van der Waals surface area contributed by atoms with Gasteiger partial charge in [-0.15, -0.1) is 0 Å². The molecule has 44 heavy (non-hydrogen) atoms. The fraction of sp³-hybridized carbons (Fsp3) is 0.469. The number of anilines is 3.